The number of allylic oxidation sites excluding steroid dienone is 4. The van der Waals surface area contributed by atoms with Crippen LogP contribution in [0.25, 0.3) is 0 Å². The third-order valence-electron chi connectivity index (χ3n) is 7.28. The minimum atomic E-state index is -0.136. The first kappa shape index (κ1) is 21.8. The van der Waals surface area contributed by atoms with E-state index in [2.05, 4.69) is 12.2 Å². The lowest BCUT2D eigenvalue weighted by Crippen LogP contribution is -2.25. The number of hydrogen-bond donors (Lipinski definition) is 0. The molecule has 2 fully saturated rings. The molecule has 0 spiro atoms. The molecule has 0 atom stereocenters. The molecule has 2 aliphatic rings. The lowest BCUT2D eigenvalue weighted by molar-refractivity contribution is 0.151. The fraction of sp³-hybridized carbons (Fsp3) is 0.593. The van der Waals surface area contributed by atoms with E-state index < -0.39 is 0 Å². The largest absolute Gasteiger partial charge is 0.207 e. The summed E-state index contributed by atoms with van der Waals surface area (Å²) in [5, 5.41) is 8.53. The Morgan fingerprint density at radius 2 is 1.52 bits per heavy atom. The van der Waals surface area contributed by atoms with Crippen LogP contribution >= 0.6 is 0 Å². The lowest BCUT2D eigenvalue weighted by atomic mass is 9.68. The average Bonchev–Trinajstić information content (AvgIpc) is 2.76. The molecule has 0 radical (unpaired) electrons. The first-order valence-electron chi connectivity index (χ1n) is 11.7. The summed E-state index contributed by atoms with van der Waals surface area (Å²) in [7, 11) is 0. The quantitative estimate of drug-likeness (QED) is 0.251. The van der Waals surface area contributed by atoms with Crippen molar-refractivity contribution in [1.29, 1.82) is 5.26 Å². The van der Waals surface area contributed by atoms with Gasteiger partial charge in [-0.15, -0.1) is 0 Å². The van der Waals surface area contributed by atoms with E-state index in [-0.39, 0.29) is 5.82 Å². The summed E-state index contributed by atoms with van der Waals surface area (Å²) in [5.74, 6) is 3.43. The molecule has 0 unspecified atom stereocenters. The number of nitriles is 1. The zero-order chi connectivity index (χ0) is 20.3. The Bertz CT molecular complexity index is 680. The van der Waals surface area contributed by atoms with Crippen LogP contribution in [0.15, 0.2) is 48.6 Å². The number of rotatable bonds is 8. The molecule has 0 aliphatic heterocycles. The highest BCUT2D eigenvalue weighted by atomic mass is 19.1. The number of nitrogens with zero attached hydrogens (tertiary/aromatic N) is 1. The Labute approximate surface area is 176 Å². The highest BCUT2D eigenvalue weighted by Crippen LogP contribution is 2.42. The van der Waals surface area contributed by atoms with E-state index in [0.717, 1.165) is 24.2 Å². The Kier molecular flexibility index (Phi) is 9.00. The van der Waals surface area contributed by atoms with Crippen molar-refractivity contribution in [3.63, 3.8) is 0 Å². The molecule has 0 amide bonds. The summed E-state index contributed by atoms with van der Waals surface area (Å²) in [6.07, 6.45) is 23.9. The van der Waals surface area contributed by atoms with Gasteiger partial charge in [-0.2, -0.15) is 5.26 Å². The van der Waals surface area contributed by atoms with Gasteiger partial charge in [0.25, 0.3) is 0 Å². The van der Waals surface area contributed by atoms with Crippen LogP contribution in [0.3, 0.4) is 0 Å². The molecule has 0 heterocycles. The second kappa shape index (κ2) is 12.0. The van der Waals surface area contributed by atoms with Crippen molar-refractivity contribution in [3.05, 3.63) is 60.0 Å². The molecule has 1 nitrogen and oxygen atoms in total. The average molecular weight is 394 g/mol. The molecule has 29 heavy (non-hydrogen) atoms. The summed E-state index contributed by atoms with van der Waals surface area (Å²) in [4.78, 5) is 0. The van der Waals surface area contributed by atoms with E-state index in [1.807, 2.05) is 24.3 Å². The fourth-order valence-corrected chi connectivity index (χ4v) is 5.49. The van der Waals surface area contributed by atoms with Crippen LogP contribution in [0.1, 0.15) is 76.2 Å². The van der Waals surface area contributed by atoms with Gasteiger partial charge < -0.3 is 0 Å². The molecule has 1 aromatic carbocycles. The third-order valence-corrected chi connectivity index (χ3v) is 7.28. The van der Waals surface area contributed by atoms with E-state index in [4.69, 9.17) is 5.26 Å². The molecule has 0 aromatic heterocycles. The van der Waals surface area contributed by atoms with Gasteiger partial charge in [-0.1, -0.05) is 56.0 Å². The van der Waals surface area contributed by atoms with Crippen LogP contribution in [-0.4, -0.2) is 0 Å². The summed E-state index contributed by atoms with van der Waals surface area (Å²) in [6.45, 7) is 0. The minimum absolute atomic E-state index is 0.136. The molecule has 0 N–H and O–H groups in total. The number of halogens is 1. The van der Waals surface area contributed by atoms with Gasteiger partial charge in [0, 0.05) is 6.08 Å². The highest BCUT2D eigenvalue weighted by molar-refractivity contribution is 5.16. The monoisotopic (exact) mass is 393 g/mol. The van der Waals surface area contributed by atoms with Crippen LogP contribution in [0.4, 0.5) is 4.39 Å². The highest BCUT2D eigenvalue weighted by Gasteiger charge is 2.30. The molecule has 1 aromatic rings. The smallest absolute Gasteiger partial charge is 0.123 e. The van der Waals surface area contributed by atoms with Gasteiger partial charge in [0.05, 0.1) is 6.07 Å². The van der Waals surface area contributed by atoms with Gasteiger partial charge >= 0.3 is 0 Å². The van der Waals surface area contributed by atoms with Crippen molar-refractivity contribution >= 4 is 0 Å². The summed E-state index contributed by atoms with van der Waals surface area (Å²) in [5.41, 5.74) is 1.27. The second-order valence-electron chi connectivity index (χ2n) is 9.20. The maximum absolute atomic E-state index is 13.0. The molecule has 2 saturated carbocycles. The van der Waals surface area contributed by atoms with E-state index in [9.17, 15) is 4.39 Å². The van der Waals surface area contributed by atoms with Gasteiger partial charge in [-0.05, 0) is 92.7 Å². The molecule has 3 rings (SSSR count). The predicted octanol–water partition coefficient (Wildman–Crippen LogP) is 7.79. The molecular weight excluding hydrogens is 357 g/mol. The van der Waals surface area contributed by atoms with E-state index in [1.165, 1.54) is 76.2 Å². The van der Waals surface area contributed by atoms with Crippen LogP contribution < -0.4 is 0 Å². The first-order chi connectivity index (χ1) is 14.2. The zero-order valence-corrected chi connectivity index (χ0v) is 17.7. The minimum Gasteiger partial charge on any atom is -0.207 e. The Morgan fingerprint density at radius 1 is 0.862 bits per heavy atom. The summed E-state index contributed by atoms with van der Waals surface area (Å²) in [6, 6.07) is 9.04. The van der Waals surface area contributed by atoms with Crippen LogP contribution in [0, 0.1) is 40.8 Å². The Balaban J connectivity index is 1.28. The van der Waals surface area contributed by atoms with Crippen molar-refractivity contribution in [3.8, 4) is 6.07 Å². The number of aryl methyl sites for hydroxylation is 1. The van der Waals surface area contributed by atoms with Gasteiger partial charge in [0.15, 0.2) is 0 Å². The molecule has 0 saturated heterocycles. The van der Waals surface area contributed by atoms with E-state index >= 15 is 0 Å². The van der Waals surface area contributed by atoms with Gasteiger partial charge in [-0.3, -0.25) is 0 Å². The van der Waals surface area contributed by atoms with E-state index in [0.29, 0.717) is 5.92 Å². The zero-order valence-electron chi connectivity index (χ0n) is 17.7. The Morgan fingerprint density at radius 3 is 2.17 bits per heavy atom. The van der Waals surface area contributed by atoms with Crippen molar-refractivity contribution < 1.29 is 4.39 Å². The molecule has 0 bridgehead atoms. The molecule has 156 valence electrons. The fourth-order valence-electron chi connectivity index (χ4n) is 5.49. The van der Waals surface area contributed by atoms with Crippen LogP contribution in [0.5, 0.6) is 0 Å². The normalized spacial score (nSPS) is 28.0. The predicted molar refractivity (Wildman–Crippen MR) is 119 cm³/mol. The van der Waals surface area contributed by atoms with Crippen LogP contribution in [-0.2, 0) is 6.42 Å². The number of hydrogen-bond acceptors (Lipinski definition) is 1. The van der Waals surface area contributed by atoms with Gasteiger partial charge in [-0.25, -0.2) is 4.39 Å². The van der Waals surface area contributed by atoms with Crippen LogP contribution in [0.2, 0.25) is 0 Å². The Hall–Kier alpha value is -1.88. The number of benzene rings is 1. The maximum Gasteiger partial charge on any atom is 0.123 e. The topological polar surface area (TPSA) is 23.8 Å². The SMILES string of the molecule is N#CC=CC=C[C@H]1CC[C@H]([C@H]2CC[C@H](CCCCc3ccc(F)cc3)CC2)CC1. The van der Waals surface area contributed by atoms with Crippen molar-refractivity contribution in [2.75, 3.05) is 0 Å². The second-order valence-corrected chi connectivity index (χ2v) is 9.20. The lowest BCUT2D eigenvalue weighted by Gasteiger charge is -2.37. The van der Waals surface area contributed by atoms with Crippen molar-refractivity contribution in [1.82, 2.24) is 0 Å². The van der Waals surface area contributed by atoms with Gasteiger partial charge in [0.2, 0.25) is 0 Å². The van der Waals surface area contributed by atoms with E-state index in [1.54, 1.807) is 18.2 Å². The molecule has 2 aliphatic carbocycles. The van der Waals surface area contributed by atoms with Crippen molar-refractivity contribution in [2.24, 2.45) is 23.7 Å². The first-order valence-corrected chi connectivity index (χ1v) is 11.7. The molecule has 2 heteroatoms. The van der Waals surface area contributed by atoms with Gasteiger partial charge in [0.1, 0.15) is 5.82 Å². The summed E-state index contributed by atoms with van der Waals surface area (Å²) < 4.78 is 13.0. The number of unbranched alkanes of at least 4 members (excludes halogenated alkanes) is 1. The standard InChI is InChI=1S/C27H36FN/c28-27-19-13-24(14-20-27)8-4-3-7-23-11-17-26(18-12-23)25-15-9-22(10-16-25)6-2-1-5-21-29/h1-2,5-6,13-14,19-20,22-23,25-26H,3-4,7-12,15-18H2/t22-,23-,25-,26-. The molecular formula is C27H36FN. The summed E-state index contributed by atoms with van der Waals surface area (Å²) >= 11 is 0. The maximum atomic E-state index is 13.0. The third kappa shape index (κ3) is 7.46. The van der Waals surface area contributed by atoms with Crippen molar-refractivity contribution in [2.45, 2.75) is 77.0 Å².